The molecule has 0 saturated carbocycles. The van der Waals surface area contributed by atoms with Gasteiger partial charge in [0.1, 0.15) is 0 Å². The van der Waals surface area contributed by atoms with Gasteiger partial charge in [0.25, 0.3) is 0 Å². The van der Waals surface area contributed by atoms with E-state index in [1.807, 2.05) is 0 Å². The highest BCUT2D eigenvalue weighted by Gasteiger charge is 2.12. The van der Waals surface area contributed by atoms with Crippen LogP contribution in [0, 0.1) is 18.8 Å². The van der Waals surface area contributed by atoms with Crippen LogP contribution in [0.2, 0.25) is 0 Å². The Labute approximate surface area is 58.0 Å². The third kappa shape index (κ3) is 1.85. The largest absolute Gasteiger partial charge is 0.0825 e. The summed E-state index contributed by atoms with van der Waals surface area (Å²) in [5, 5.41) is 0. The minimum atomic E-state index is 0.765. The highest BCUT2D eigenvalue weighted by molar-refractivity contribution is 5.10. The van der Waals surface area contributed by atoms with Gasteiger partial charge in [-0.1, -0.05) is 25.5 Å². The van der Waals surface area contributed by atoms with Crippen molar-refractivity contribution in [1.29, 1.82) is 0 Å². The fraction of sp³-hybridized carbons (Fsp3) is 0.667. The zero-order valence-corrected chi connectivity index (χ0v) is 6.35. The van der Waals surface area contributed by atoms with Gasteiger partial charge in [0.05, 0.1) is 0 Å². The second kappa shape index (κ2) is 2.55. The number of rotatable bonds is 0. The summed E-state index contributed by atoms with van der Waals surface area (Å²) in [4.78, 5) is 0. The van der Waals surface area contributed by atoms with Gasteiger partial charge in [0.15, 0.2) is 0 Å². The van der Waals surface area contributed by atoms with Gasteiger partial charge in [-0.25, -0.2) is 0 Å². The van der Waals surface area contributed by atoms with Crippen LogP contribution < -0.4 is 0 Å². The van der Waals surface area contributed by atoms with E-state index in [1.165, 1.54) is 18.4 Å². The Balaban J connectivity index is 2.56. The van der Waals surface area contributed by atoms with Crippen LogP contribution in [0.4, 0.5) is 0 Å². The lowest BCUT2D eigenvalue weighted by molar-refractivity contribution is 0.439. The normalized spacial score (nSPS) is 36.1. The molecular weight excluding hydrogens is 108 g/mol. The molecule has 0 bridgehead atoms. The van der Waals surface area contributed by atoms with Gasteiger partial charge in [-0.05, 0) is 31.6 Å². The van der Waals surface area contributed by atoms with Crippen LogP contribution in [0.3, 0.4) is 0 Å². The summed E-state index contributed by atoms with van der Waals surface area (Å²) in [7, 11) is 0. The van der Waals surface area contributed by atoms with E-state index in [9.17, 15) is 0 Å². The van der Waals surface area contributed by atoms with Crippen LogP contribution in [0.1, 0.15) is 26.7 Å². The summed E-state index contributed by atoms with van der Waals surface area (Å²) in [6, 6.07) is 0. The molecule has 0 aromatic carbocycles. The third-order valence-electron chi connectivity index (χ3n) is 1.91. The zero-order chi connectivity index (χ0) is 6.85. The van der Waals surface area contributed by atoms with E-state index in [0.29, 0.717) is 0 Å². The van der Waals surface area contributed by atoms with Gasteiger partial charge in [-0.3, -0.25) is 0 Å². The highest BCUT2D eigenvalue weighted by atomic mass is 14.2. The summed E-state index contributed by atoms with van der Waals surface area (Å²) in [5.74, 6) is 1.62. The van der Waals surface area contributed by atoms with Crippen molar-refractivity contribution in [3.63, 3.8) is 0 Å². The minimum absolute atomic E-state index is 0.765. The molecule has 1 aliphatic carbocycles. The maximum atomic E-state index is 3.96. The first-order valence-electron chi connectivity index (χ1n) is 3.71. The fourth-order valence-corrected chi connectivity index (χ4v) is 1.70. The Bertz CT molecular complexity index is 122. The van der Waals surface area contributed by atoms with Crippen molar-refractivity contribution in [2.75, 3.05) is 0 Å². The molecule has 51 valence electrons. The molecule has 9 heavy (non-hydrogen) atoms. The van der Waals surface area contributed by atoms with Crippen LogP contribution in [-0.2, 0) is 0 Å². The van der Waals surface area contributed by atoms with E-state index in [1.54, 1.807) is 0 Å². The molecule has 0 N–H and O–H groups in total. The SMILES string of the molecule is [CH2]C1=CC(C)CC(C)C1. The summed E-state index contributed by atoms with van der Waals surface area (Å²) in [5.41, 5.74) is 1.33. The predicted molar refractivity (Wildman–Crippen MR) is 41.0 cm³/mol. The Morgan fingerprint density at radius 2 is 2.22 bits per heavy atom. The average molecular weight is 123 g/mol. The van der Waals surface area contributed by atoms with Crippen LogP contribution in [0.25, 0.3) is 0 Å². The Morgan fingerprint density at radius 1 is 1.56 bits per heavy atom. The molecule has 2 atom stereocenters. The van der Waals surface area contributed by atoms with E-state index in [2.05, 4.69) is 26.8 Å². The first-order chi connectivity index (χ1) is 4.18. The van der Waals surface area contributed by atoms with Crippen molar-refractivity contribution in [3.8, 4) is 0 Å². The lowest BCUT2D eigenvalue weighted by Gasteiger charge is -2.21. The molecule has 0 spiro atoms. The Hall–Kier alpha value is -0.260. The molecule has 0 heterocycles. The maximum Gasteiger partial charge on any atom is -0.0257 e. The highest BCUT2D eigenvalue weighted by Crippen LogP contribution is 2.26. The van der Waals surface area contributed by atoms with Crippen molar-refractivity contribution in [2.45, 2.75) is 26.7 Å². The molecule has 0 fully saturated rings. The number of hydrogen-bond donors (Lipinski definition) is 0. The monoisotopic (exact) mass is 123 g/mol. The van der Waals surface area contributed by atoms with Gasteiger partial charge in [-0.2, -0.15) is 0 Å². The molecule has 0 saturated heterocycles. The third-order valence-corrected chi connectivity index (χ3v) is 1.91. The van der Waals surface area contributed by atoms with Crippen molar-refractivity contribution in [1.82, 2.24) is 0 Å². The van der Waals surface area contributed by atoms with Gasteiger partial charge in [0, 0.05) is 0 Å². The van der Waals surface area contributed by atoms with Gasteiger partial charge >= 0.3 is 0 Å². The van der Waals surface area contributed by atoms with Gasteiger partial charge in [-0.15, -0.1) is 0 Å². The van der Waals surface area contributed by atoms with Crippen molar-refractivity contribution in [2.24, 2.45) is 11.8 Å². The molecule has 0 amide bonds. The van der Waals surface area contributed by atoms with Crippen molar-refractivity contribution in [3.05, 3.63) is 18.6 Å². The molecular formula is C9H15. The van der Waals surface area contributed by atoms with Crippen LogP contribution in [-0.4, -0.2) is 0 Å². The fourth-order valence-electron chi connectivity index (χ4n) is 1.70. The van der Waals surface area contributed by atoms with Gasteiger partial charge in [0.2, 0.25) is 0 Å². The van der Waals surface area contributed by atoms with Crippen LogP contribution in [0.15, 0.2) is 11.6 Å². The zero-order valence-electron chi connectivity index (χ0n) is 6.35. The molecule has 0 heteroatoms. The summed E-state index contributed by atoms with van der Waals surface area (Å²) >= 11 is 0. The average Bonchev–Trinajstić information content (AvgIpc) is 1.59. The van der Waals surface area contributed by atoms with Crippen LogP contribution >= 0.6 is 0 Å². The minimum Gasteiger partial charge on any atom is -0.0825 e. The van der Waals surface area contributed by atoms with E-state index >= 15 is 0 Å². The molecule has 1 radical (unpaired) electrons. The second-order valence-corrected chi connectivity index (χ2v) is 3.35. The number of allylic oxidation sites excluding steroid dienone is 2. The molecule has 1 rings (SSSR count). The van der Waals surface area contributed by atoms with Crippen LogP contribution in [0.5, 0.6) is 0 Å². The first kappa shape index (κ1) is 6.85. The molecule has 0 aromatic rings. The molecule has 0 aliphatic heterocycles. The smallest absolute Gasteiger partial charge is 0.0257 e. The van der Waals surface area contributed by atoms with E-state index in [4.69, 9.17) is 0 Å². The van der Waals surface area contributed by atoms with Crippen molar-refractivity contribution < 1.29 is 0 Å². The Morgan fingerprint density at radius 3 is 2.67 bits per heavy atom. The summed E-state index contributed by atoms with van der Waals surface area (Å²) in [6.45, 7) is 8.52. The van der Waals surface area contributed by atoms with Gasteiger partial charge < -0.3 is 0 Å². The van der Waals surface area contributed by atoms with Crippen molar-refractivity contribution >= 4 is 0 Å². The standard InChI is InChI=1S/C9H15/c1-7-4-8(2)6-9(3)5-7/h4,8-9H,1,5-6H2,2-3H3. The summed E-state index contributed by atoms with van der Waals surface area (Å²) in [6.07, 6.45) is 4.85. The molecule has 0 aromatic heterocycles. The first-order valence-corrected chi connectivity index (χ1v) is 3.71. The second-order valence-electron chi connectivity index (χ2n) is 3.35. The Kier molecular flexibility index (Phi) is 1.94. The molecule has 0 nitrogen and oxygen atoms in total. The molecule has 2 unspecified atom stereocenters. The van der Waals surface area contributed by atoms with E-state index < -0.39 is 0 Å². The molecule has 1 aliphatic rings. The number of hydrogen-bond acceptors (Lipinski definition) is 0. The quantitative estimate of drug-likeness (QED) is 0.464. The topological polar surface area (TPSA) is 0 Å². The lowest BCUT2D eigenvalue weighted by Crippen LogP contribution is -2.07. The maximum absolute atomic E-state index is 3.96. The van der Waals surface area contributed by atoms with E-state index in [0.717, 1.165) is 11.8 Å². The summed E-state index contributed by atoms with van der Waals surface area (Å²) < 4.78 is 0. The van der Waals surface area contributed by atoms with E-state index in [-0.39, 0.29) is 0 Å². The predicted octanol–water partition coefficient (Wildman–Crippen LogP) is 2.81. The lowest BCUT2D eigenvalue weighted by atomic mass is 9.85.